The number of thiophene rings is 1. The molecule has 0 amide bonds. The van der Waals surface area contributed by atoms with E-state index < -0.39 is 11.4 Å². The molecule has 0 aliphatic rings. The molecule has 3 heteroatoms. The van der Waals surface area contributed by atoms with Crippen molar-refractivity contribution in [3.8, 4) is 0 Å². The van der Waals surface area contributed by atoms with Gasteiger partial charge < -0.3 is 5.11 Å². The maximum Gasteiger partial charge on any atom is 0.309 e. The van der Waals surface area contributed by atoms with Crippen molar-refractivity contribution < 1.29 is 9.90 Å². The van der Waals surface area contributed by atoms with Crippen molar-refractivity contribution in [2.24, 2.45) is 5.41 Å². The number of rotatable bonds is 3. The molecule has 2 aromatic rings. The quantitative estimate of drug-likeness (QED) is 0.895. The Morgan fingerprint density at radius 3 is 2.71 bits per heavy atom. The van der Waals surface area contributed by atoms with Crippen LogP contribution in [0, 0.1) is 12.3 Å². The van der Waals surface area contributed by atoms with Crippen molar-refractivity contribution in [3.63, 3.8) is 0 Å². The molecule has 1 aromatic heterocycles. The van der Waals surface area contributed by atoms with Crippen LogP contribution in [0.2, 0.25) is 0 Å². The zero-order chi connectivity index (χ0) is 12.6. The summed E-state index contributed by atoms with van der Waals surface area (Å²) in [6.07, 6.45) is 0.565. The molecular formula is C14H16O2S. The van der Waals surface area contributed by atoms with E-state index in [9.17, 15) is 4.79 Å². The fourth-order valence-electron chi connectivity index (χ4n) is 1.90. The van der Waals surface area contributed by atoms with Gasteiger partial charge >= 0.3 is 5.97 Å². The van der Waals surface area contributed by atoms with E-state index >= 15 is 0 Å². The molecule has 1 heterocycles. The van der Waals surface area contributed by atoms with Crippen LogP contribution in [-0.2, 0) is 11.2 Å². The summed E-state index contributed by atoms with van der Waals surface area (Å²) in [5.74, 6) is -0.750. The Bertz CT molecular complexity index is 567. The fraction of sp³-hybridized carbons (Fsp3) is 0.357. The minimum absolute atomic E-state index is 0.565. The number of hydrogen-bond donors (Lipinski definition) is 1. The van der Waals surface area contributed by atoms with Crippen LogP contribution in [0.15, 0.2) is 24.3 Å². The zero-order valence-corrected chi connectivity index (χ0v) is 11.1. The van der Waals surface area contributed by atoms with Crippen LogP contribution in [0.5, 0.6) is 0 Å². The van der Waals surface area contributed by atoms with Crippen molar-refractivity contribution in [1.82, 2.24) is 0 Å². The Hall–Kier alpha value is -1.35. The van der Waals surface area contributed by atoms with E-state index in [2.05, 4.69) is 25.1 Å². The van der Waals surface area contributed by atoms with Crippen LogP contribution in [-0.4, -0.2) is 11.1 Å². The molecule has 90 valence electrons. The van der Waals surface area contributed by atoms with Gasteiger partial charge in [0.1, 0.15) is 0 Å². The lowest BCUT2D eigenvalue weighted by molar-refractivity contribution is -0.146. The molecular weight excluding hydrogens is 232 g/mol. The monoisotopic (exact) mass is 248 g/mol. The summed E-state index contributed by atoms with van der Waals surface area (Å²) in [5.41, 5.74) is 0.381. The standard InChI is InChI=1S/C14H16O2S/c1-9-6-11-5-4-10(7-12(11)17-9)8-14(2,3)13(15)16/h4-7H,8H2,1-3H3,(H,15,16). The first-order valence-corrected chi connectivity index (χ1v) is 6.42. The molecule has 2 rings (SSSR count). The largest absolute Gasteiger partial charge is 0.481 e. The summed E-state index contributed by atoms with van der Waals surface area (Å²) >= 11 is 1.75. The fourth-order valence-corrected chi connectivity index (χ4v) is 2.89. The van der Waals surface area contributed by atoms with E-state index in [1.807, 2.05) is 6.07 Å². The predicted octanol–water partition coefficient (Wildman–Crippen LogP) is 3.86. The van der Waals surface area contributed by atoms with Crippen molar-refractivity contribution in [2.75, 3.05) is 0 Å². The molecule has 0 aliphatic carbocycles. The molecule has 1 N–H and O–H groups in total. The summed E-state index contributed by atoms with van der Waals surface area (Å²) in [6, 6.07) is 8.37. The molecule has 0 unspecified atom stereocenters. The first-order valence-electron chi connectivity index (χ1n) is 5.61. The van der Waals surface area contributed by atoms with E-state index in [0.29, 0.717) is 6.42 Å². The number of benzene rings is 1. The van der Waals surface area contributed by atoms with Crippen molar-refractivity contribution >= 4 is 27.4 Å². The van der Waals surface area contributed by atoms with Gasteiger partial charge in [-0.05, 0) is 50.3 Å². The highest BCUT2D eigenvalue weighted by Gasteiger charge is 2.27. The molecule has 0 aliphatic heterocycles. The second-order valence-electron chi connectivity index (χ2n) is 5.10. The van der Waals surface area contributed by atoms with Crippen molar-refractivity contribution in [3.05, 3.63) is 34.7 Å². The summed E-state index contributed by atoms with van der Waals surface area (Å²) in [5, 5.41) is 10.4. The van der Waals surface area contributed by atoms with E-state index in [0.717, 1.165) is 5.56 Å². The number of carboxylic acids is 1. The first kappa shape index (κ1) is 12.1. The predicted molar refractivity (Wildman–Crippen MR) is 71.7 cm³/mol. The maximum absolute atomic E-state index is 11.1. The lowest BCUT2D eigenvalue weighted by Crippen LogP contribution is -2.26. The highest BCUT2D eigenvalue weighted by molar-refractivity contribution is 7.19. The third-order valence-corrected chi connectivity index (χ3v) is 3.95. The third-order valence-electron chi connectivity index (χ3n) is 2.93. The van der Waals surface area contributed by atoms with E-state index in [1.54, 1.807) is 25.2 Å². The lowest BCUT2D eigenvalue weighted by Gasteiger charge is -2.18. The minimum atomic E-state index is -0.750. The second kappa shape index (κ2) is 4.15. The molecule has 0 radical (unpaired) electrons. The van der Waals surface area contributed by atoms with Gasteiger partial charge in [-0.2, -0.15) is 0 Å². The summed E-state index contributed by atoms with van der Waals surface area (Å²) in [7, 11) is 0. The average Bonchev–Trinajstić information content (AvgIpc) is 2.56. The highest BCUT2D eigenvalue weighted by atomic mass is 32.1. The normalized spacial score (nSPS) is 11.9. The Kier molecular flexibility index (Phi) is 2.96. The van der Waals surface area contributed by atoms with Gasteiger partial charge in [-0.15, -0.1) is 11.3 Å². The van der Waals surface area contributed by atoms with Gasteiger partial charge in [-0.3, -0.25) is 4.79 Å². The van der Waals surface area contributed by atoms with E-state index in [1.165, 1.54) is 15.0 Å². The number of fused-ring (bicyclic) bond motifs is 1. The topological polar surface area (TPSA) is 37.3 Å². The van der Waals surface area contributed by atoms with Gasteiger partial charge in [0.05, 0.1) is 5.41 Å². The Morgan fingerprint density at radius 1 is 1.35 bits per heavy atom. The van der Waals surface area contributed by atoms with Crippen LogP contribution >= 0.6 is 11.3 Å². The average molecular weight is 248 g/mol. The smallest absolute Gasteiger partial charge is 0.309 e. The molecule has 0 atom stereocenters. The van der Waals surface area contributed by atoms with Crippen LogP contribution in [0.4, 0.5) is 0 Å². The molecule has 1 aromatic carbocycles. The second-order valence-corrected chi connectivity index (χ2v) is 6.38. The Morgan fingerprint density at radius 2 is 2.06 bits per heavy atom. The molecule has 17 heavy (non-hydrogen) atoms. The minimum Gasteiger partial charge on any atom is -0.481 e. The van der Waals surface area contributed by atoms with Crippen LogP contribution in [0.3, 0.4) is 0 Å². The van der Waals surface area contributed by atoms with Gasteiger partial charge in [0, 0.05) is 9.58 Å². The number of aliphatic carboxylic acids is 1. The third kappa shape index (κ3) is 2.50. The van der Waals surface area contributed by atoms with Crippen LogP contribution in [0.25, 0.3) is 10.1 Å². The highest BCUT2D eigenvalue weighted by Crippen LogP contribution is 2.29. The molecule has 0 fully saturated rings. The van der Waals surface area contributed by atoms with Gasteiger partial charge in [-0.1, -0.05) is 12.1 Å². The van der Waals surface area contributed by atoms with Gasteiger partial charge in [-0.25, -0.2) is 0 Å². The van der Waals surface area contributed by atoms with Crippen LogP contribution < -0.4 is 0 Å². The van der Waals surface area contributed by atoms with Crippen LogP contribution in [0.1, 0.15) is 24.3 Å². The molecule has 2 nitrogen and oxygen atoms in total. The first-order chi connectivity index (χ1) is 7.88. The molecule has 0 saturated carbocycles. The molecule has 0 bridgehead atoms. The zero-order valence-electron chi connectivity index (χ0n) is 10.3. The summed E-state index contributed by atoms with van der Waals surface area (Å²) < 4.78 is 1.24. The summed E-state index contributed by atoms with van der Waals surface area (Å²) in [6.45, 7) is 5.62. The lowest BCUT2D eigenvalue weighted by atomic mass is 9.86. The molecule has 0 saturated heterocycles. The maximum atomic E-state index is 11.1. The Balaban J connectivity index is 2.34. The SMILES string of the molecule is Cc1cc2ccc(CC(C)(C)C(=O)O)cc2s1. The van der Waals surface area contributed by atoms with Crippen molar-refractivity contribution in [1.29, 1.82) is 0 Å². The molecule has 0 spiro atoms. The summed E-state index contributed by atoms with van der Waals surface area (Å²) in [4.78, 5) is 12.4. The Labute approximate surface area is 105 Å². The number of aryl methyl sites for hydroxylation is 1. The van der Waals surface area contributed by atoms with Gasteiger partial charge in [0.15, 0.2) is 0 Å². The number of carbonyl (C=O) groups is 1. The van der Waals surface area contributed by atoms with Gasteiger partial charge in [0.2, 0.25) is 0 Å². The number of carboxylic acid groups (broad SMARTS) is 1. The van der Waals surface area contributed by atoms with E-state index in [-0.39, 0.29) is 0 Å². The number of hydrogen-bond acceptors (Lipinski definition) is 2. The van der Waals surface area contributed by atoms with Crippen molar-refractivity contribution in [2.45, 2.75) is 27.2 Å². The van der Waals surface area contributed by atoms with E-state index in [4.69, 9.17) is 5.11 Å². The van der Waals surface area contributed by atoms with Gasteiger partial charge in [0.25, 0.3) is 0 Å².